The zero-order chi connectivity index (χ0) is 23.0. The van der Waals surface area contributed by atoms with Crippen LogP contribution in [0.25, 0.3) is 11.2 Å². The Labute approximate surface area is 194 Å². The lowest BCUT2D eigenvalue weighted by molar-refractivity contribution is -0.138. The minimum absolute atomic E-state index is 0.134. The number of aryl methyl sites for hydroxylation is 1. The summed E-state index contributed by atoms with van der Waals surface area (Å²) in [6, 6.07) is 10.8. The van der Waals surface area contributed by atoms with E-state index in [0.29, 0.717) is 43.0 Å². The van der Waals surface area contributed by atoms with Gasteiger partial charge >= 0.3 is 0 Å². The summed E-state index contributed by atoms with van der Waals surface area (Å²) >= 11 is 0. The van der Waals surface area contributed by atoms with E-state index in [1.807, 2.05) is 36.1 Å². The summed E-state index contributed by atoms with van der Waals surface area (Å²) in [5.74, 6) is 1.06. The third-order valence-electron chi connectivity index (χ3n) is 6.86. The highest BCUT2D eigenvalue weighted by Gasteiger charge is 2.38. The molecule has 0 radical (unpaired) electrons. The van der Waals surface area contributed by atoms with Crippen molar-refractivity contribution in [3.8, 4) is 0 Å². The Morgan fingerprint density at radius 2 is 1.88 bits per heavy atom. The van der Waals surface area contributed by atoms with Crippen molar-refractivity contribution < 1.29 is 13.6 Å². The number of nitrogens with zero attached hydrogens (tertiary/aromatic N) is 4. The van der Waals surface area contributed by atoms with E-state index in [1.54, 1.807) is 18.3 Å². The Morgan fingerprint density at radius 1 is 1.12 bits per heavy atom. The number of fused-ring (bicyclic) bond motifs is 1. The zero-order valence-electron chi connectivity index (χ0n) is 18.8. The molecule has 0 bridgehead atoms. The maximum Gasteiger partial charge on any atom is 0.225 e. The van der Waals surface area contributed by atoms with Gasteiger partial charge in [0.15, 0.2) is 20.9 Å². The number of rotatable bonds is 4. The fourth-order valence-electron chi connectivity index (χ4n) is 4.92. The van der Waals surface area contributed by atoms with Gasteiger partial charge in [-0.2, -0.15) is 0 Å². The number of aromatic nitrogens is 3. The Bertz CT molecular complexity index is 1150. The number of benzene rings is 1. The normalized spacial score (nSPS) is 22.4. The largest absolute Gasteiger partial charge is 0.593 e. The van der Waals surface area contributed by atoms with Crippen LogP contribution >= 0.6 is 0 Å². The summed E-state index contributed by atoms with van der Waals surface area (Å²) in [5, 5.41) is 0. The maximum atomic E-state index is 13.3. The monoisotopic (exact) mass is 467 g/mol. The van der Waals surface area contributed by atoms with E-state index in [1.165, 1.54) is 4.31 Å². The lowest BCUT2D eigenvalue weighted by Gasteiger charge is -2.37. The number of nitrogens with one attached hydrogen (secondary N) is 1. The highest BCUT2D eigenvalue weighted by Crippen LogP contribution is 2.31. The van der Waals surface area contributed by atoms with Crippen molar-refractivity contribution in [2.75, 3.05) is 26.2 Å². The van der Waals surface area contributed by atoms with Gasteiger partial charge in [-0.25, -0.2) is 9.97 Å². The number of pyridine rings is 1. The first kappa shape index (κ1) is 22.2. The maximum absolute atomic E-state index is 13.3. The summed E-state index contributed by atoms with van der Waals surface area (Å²) in [5.41, 5.74) is 2.65. The molecule has 2 aliphatic rings. The number of H-pyrrole nitrogens is 1. The van der Waals surface area contributed by atoms with Crippen LogP contribution < -0.4 is 0 Å². The Hall–Kier alpha value is -2.62. The Balaban J connectivity index is 1.21. The van der Waals surface area contributed by atoms with E-state index in [2.05, 4.69) is 15.0 Å². The summed E-state index contributed by atoms with van der Waals surface area (Å²) in [7, 11) is -3.52. The molecule has 3 aromatic rings. The number of amides is 1. The number of likely N-dealkylation sites (tertiary alicyclic amines) is 1. The SMILES string of the molecule is Cc1ccc([S+](=O)([O-])N2CCC(C(=O)N3CCCC(c4nc5ncccc5[nH]4)C3)CC2)cc1. The minimum atomic E-state index is -3.52. The van der Waals surface area contributed by atoms with Crippen molar-refractivity contribution in [2.45, 2.75) is 43.4 Å². The Morgan fingerprint density at radius 3 is 2.61 bits per heavy atom. The molecular weight excluding hydrogens is 438 g/mol. The van der Waals surface area contributed by atoms with Crippen molar-refractivity contribution >= 4 is 27.5 Å². The number of sulfonamides is 1. The number of piperidine rings is 2. The Kier molecular flexibility index (Phi) is 6.03. The first-order valence-corrected chi connectivity index (χ1v) is 13.0. The van der Waals surface area contributed by atoms with Gasteiger partial charge in [-0.15, -0.1) is 4.31 Å². The fraction of sp³-hybridized carbons (Fsp3) is 0.458. The first-order chi connectivity index (χ1) is 15.9. The van der Waals surface area contributed by atoms with Gasteiger partial charge < -0.3 is 14.4 Å². The molecule has 2 fully saturated rings. The molecule has 0 spiro atoms. The van der Waals surface area contributed by atoms with Crippen LogP contribution in [0.3, 0.4) is 0 Å². The first-order valence-electron chi connectivity index (χ1n) is 11.6. The van der Waals surface area contributed by atoms with Gasteiger partial charge in [0, 0.05) is 44.2 Å². The second kappa shape index (κ2) is 8.96. The molecule has 1 aromatic carbocycles. The summed E-state index contributed by atoms with van der Waals surface area (Å²) in [4.78, 5) is 27.8. The van der Waals surface area contributed by atoms with Gasteiger partial charge in [0.1, 0.15) is 5.82 Å². The molecule has 33 heavy (non-hydrogen) atoms. The lowest BCUT2D eigenvalue weighted by atomic mass is 9.92. The van der Waals surface area contributed by atoms with E-state index in [4.69, 9.17) is 0 Å². The van der Waals surface area contributed by atoms with E-state index >= 15 is 0 Å². The molecule has 2 aromatic heterocycles. The predicted molar refractivity (Wildman–Crippen MR) is 125 cm³/mol. The highest BCUT2D eigenvalue weighted by atomic mass is 32.3. The summed E-state index contributed by atoms with van der Waals surface area (Å²) < 4.78 is 27.4. The number of carbonyl (C=O) groups is 1. The molecule has 2 saturated heterocycles. The van der Waals surface area contributed by atoms with Crippen molar-refractivity contribution in [3.05, 3.63) is 54.0 Å². The van der Waals surface area contributed by atoms with Crippen molar-refractivity contribution in [3.63, 3.8) is 0 Å². The molecule has 2 atom stereocenters. The van der Waals surface area contributed by atoms with Gasteiger partial charge in [0.25, 0.3) is 0 Å². The van der Waals surface area contributed by atoms with Crippen LogP contribution in [0.2, 0.25) is 0 Å². The standard InChI is InChI=1S/C24H29N5O3S/c1-17-6-8-20(9-7-17)33(31,32)29-14-10-18(11-15-29)24(30)28-13-3-4-19(16-28)22-26-21-5-2-12-25-23(21)27-22/h2,5-9,12,18-19H,3-4,10-11,13-16H2,1H3,(H-,25,26,27,31,32). The summed E-state index contributed by atoms with van der Waals surface area (Å²) in [6.07, 6.45) is 4.76. The van der Waals surface area contributed by atoms with Crippen LogP contribution in [0, 0.1) is 12.8 Å². The molecule has 8 nitrogen and oxygen atoms in total. The highest BCUT2D eigenvalue weighted by molar-refractivity contribution is 7.95. The quantitative estimate of drug-likeness (QED) is 0.593. The van der Waals surface area contributed by atoms with Gasteiger partial charge in [0.05, 0.1) is 5.52 Å². The van der Waals surface area contributed by atoms with E-state index < -0.39 is 10.4 Å². The molecule has 5 rings (SSSR count). The van der Waals surface area contributed by atoms with Crippen LogP contribution in [-0.4, -0.2) is 60.8 Å². The number of aromatic amines is 1. The van der Waals surface area contributed by atoms with Crippen molar-refractivity contribution in [1.29, 1.82) is 0 Å². The van der Waals surface area contributed by atoms with Crippen molar-refractivity contribution in [1.82, 2.24) is 24.2 Å². The second-order valence-electron chi connectivity index (χ2n) is 9.11. The third kappa shape index (κ3) is 4.45. The number of hydrogen-bond acceptors (Lipinski definition) is 5. The number of hydrogen-bond donors (Lipinski definition) is 1. The minimum Gasteiger partial charge on any atom is -0.593 e. The molecule has 1 amide bonds. The second-order valence-corrected chi connectivity index (χ2v) is 11.0. The van der Waals surface area contributed by atoms with Crippen molar-refractivity contribution in [2.24, 2.45) is 5.92 Å². The van der Waals surface area contributed by atoms with Crippen LogP contribution in [0.5, 0.6) is 0 Å². The van der Waals surface area contributed by atoms with Crippen LogP contribution in [-0.2, 0) is 19.4 Å². The smallest absolute Gasteiger partial charge is 0.225 e. The average Bonchev–Trinajstić information content (AvgIpc) is 3.28. The van der Waals surface area contributed by atoms with E-state index in [0.717, 1.165) is 36.3 Å². The predicted octanol–water partition coefficient (Wildman–Crippen LogP) is 3.29. The van der Waals surface area contributed by atoms with Gasteiger partial charge in [0.2, 0.25) is 5.91 Å². The number of carbonyl (C=O) groups excluding carboxylic acids is 1. The van der Waals surface area contributed by atoms with Gasteiger partial charge in [-0.05, 0) is 56.9 Å². The van der Waals surface area contributed by atoms with Crippen LogP contribution in [0.4, 0.5) is 0 Å². The van der Waals surface area contributed by atoms with Gasteiger partial charge in [-0.1, -0.05) is 21.9 Å². The topological polar surface area (TPSA) is 105 Å². The molecule has 1 N–H and O–H groups in total. The molecule has 2 unspecified atom stereocenters. The third-order valence-corrected chi connectivity index (χ3v) is 8.77. The lowest BCUT2D eigenvalue weighted by Crippen LogP contribution is -2.48. The molecule has 4 heterocycles. The van der Waals surface area contributed by atoms with Crippen LogP contribution in [0.15, 0.2) is 47.5 Å². The fourth-order valence-corrected chi connectivity index (χ4v) is 6.39. The van der Waals surface area contributed by atoms with E-state index in [-0.39, 0.29) is 17.7 Å². The number of imidazole rings is 1. The molecule has 2 aliphatic heterocycles. The molecule has 174 valence electrons. The van der Waals surface area contributed by atoms with E-state index in [9.17, 15) is 13.6 Å². The molecule has 0 saturated carbocycles. The van der Waals surface area contributed by atoms with Gasteiger partial charge in [-0.3, -0.25) is 4.79 Å². The molecular formula is C24H29N5O3S. The zero-order valence-corrected chi connectivity index (χ0v) is 19.6. The van der Waals surface area contributed by atoms with Crippen LogP contribution in [0.1, 0.15) is 43.0 Å². The molecule has 0 aliphatic carbocycles. The molecule has 9 heteroatoms. The summed E-state index contributed by atoms with van der Waals surface area (Å²) in [6.45, 7) is 4.07. The average molecular weight is 468 g/mol.